The molecule has 2 aromatic rings. The van der Waals surface area contributed by atoms with Crippen LogP contribution in [-0.2, 0) is 14.3 Å². The van der Waals surface area contributed by atoms with Gasteiger partial charge in [-0.15, -0.1) is 0 Å². The number of ether oxygens (including phenoxy) is 1. The first-order valence-corrected chi connectivity index (χ1v) is 8.50. The molecule has 0 radical (unpaired) electrons. The van der Waals surface area contributed by atoms with Gasteiger partial charge in [0, 0.05) is 0 Å². The van der Waals surface area contributed by atoms with Crippen molar-refractivity contribution in [3.63, 3.8) is 0 Å². The third-order valence-corrected chi connectivity index (χ3v) is 3.83. The SMILES string of the molecule is CC(C)[C@H](NC(=O)c1ccco1)C(=O)O[C@H](C)C(=O)Nc1c(F)cccc1F. The molecule has 0 aliphatic rings. The maximum Gasteiger partial charge on any atom is 0.329 e. The molecule has 0 bridgehead atoms. The van der Waals surface area contributed by atoms with Crippen molar-refractivity contribution in [3.05, 3.63) is 54.0 Å². The predicted molar refractivity (Wildman–Crippen MR) is 95.3 cm³/mol. The van der Waals surface area contributed by atoms with Gasteiger partial charge in [-0.3, -0.25) is 9.59 Å². The Balaban J connectivity index is 2.01. The zero-order chi connectivity index (χ0) is 20.8. The minimum absolute atomic E-state index is 0.0132. The van der Waals surface area contributed by atoms with E-state index in [1.165, 1.54) is 25.3 Å². The van der Waals surface area contributed by atoms with E-state index in [1.54, 1.807) is 13.8 Å². The summed E-state index contributed by atoms with van der Waals surface area (Å²) in [6, 6.07) is 5.00. The van der Waals surface area contributed by atoms with Crippen molar-refractivity contribution in [2.24, 2.45) is 5.92 Å². The van der Waals surface area contributed by atoms with Crippen molar-refractivity contribution in [2.45, 2.75) is 32.9 Å². The Morgan fingerprint density at radius 2 is 1.68 bits per heavy atom. The second-order valence-corrected chi connectivity index (χ2v) is 6.34. The highest BCUT2D eigenvalue weighted by molar-refractivity contribution is 5.97. The Bertz CT molecular complexity index is 832. The molecule has 0 aliphatic heterocycles. The smallest absolute Gasteiger partial charge is 0.329 e. The van der Waals surface area contributed by atoms with E-state index in [9.17, 15) is 23.2 Å². The molecule has 1 heterocycles. The van der Waals surface area contributed by atoms with E-state index in [-0.39, 0.29) is 11.7 Å². The average Bonchev–Trinajstić information content (AvgIpc) is 3.16. The highest BCUT2D eigenvalue weighted by Crippen LogP contribution is 2.18. The largest absolute Gasteiger partial charge is 0.459 e. The quantitative estimate of drug-likeness (QED) is 0.704. The van der Waals surface area contributed by atoms with Gasteiger partial charge in [0.2, 0.25) is 0 Å². The summed E-state index contributed by atoms with van der Waals surface area (Å²) in [5.74, 6) is -4.67. The predicted octanol–water partition coefficient (Wildman–Crippen LogP) is 2.88. The molecule has 9 heteroatoms. The summed E-state index contributed by atoms with van der Waals surface area (Å²) in [6.45, 7) is 4.60. The third kappa shape index (κ3) is 5.15. The number of hydrogen-bond donors (Lipinski definition) is 2. The van der Waals surface area contributed by atoms with Gasteiger partial charge in [-0.2, -0.15) is 0 Å². The summed E-state index contributed by atoms with van der Waals surface area (Å²) in [4.78, 5) is 36.6. The Hall–Kier alpha value is -3.23. The lowest BCUT2D eigenvalue weighted by Gasteiger charge is -2.22. The fourth-order valence-electron chi connectivity index (χ4n) is 2.26. The molecule has 2 N–H and O–H groups in total. The molecule has 0 saturated carbocycles. The van der Waals surface area contributed by atoms with Gasteiger partial charge in [-0.1, -0.05) is 19.9 Å². The monoisotopic (exact) mass is 394 g/mol. The second kappa shape index (κ2) is 9.12. The summed E-state index contributed by atoms with van der Waals surface area (Å²) < 4.78 is 37.3. The first-order valence-electron chi connectivity index (χ1n) is 8.50. The molecule has 1 aromatic carbocycles. The molecule has 28 heavy (non-hydrogen) atoms. The van der Waals surface area contributed by atoms with E-state index in [4.69, 9.17) is 9.15 Å². The number of amides is 2. The fraction of sp³-hybridized carbons (Fsp3) is 0.316. The van der Waals surface area contributed by atoms with Gasteiger partial charge in [0.05, 0.1) is 6.26 Å². The van der Waals surface area contributed by atoms with Crippen molar-refractivity contribution < 1.29 is 32.3 Å². The Morgan fingerprint density at radius 1 is 1.04 bits per heavy atom. The minimum Gasteiger partial charge on any atom is -0.459 e. The summed E-state index contributed by atoms with van der Waals surface area (Å²) in [5.41, 5.74) is -0.637. The van der Waals surface area contributed by atoms with E-state index in [1.807, 2.05) is 5.32 Å². The zero-order valence-corrected chi connectivity index (χ0v) is 15.5. The molecule has 0 saturated heterocycles. The minimum atomic E-state index is -1.35. The van der Waals surface area contributed by atoms with Crippen LogP contribution in [0.1, 0.15) is 31.3 Å². The number of halogens is 2. The van der Waals surface area contributed by atoms with Crippen LogP contribution in [0.2, 0.25) is 0 Å². The number of hydrogen-bond acceptors (Lipinski definition) is 5. The first-order chi connectivity index (χ1) is 13.2. The fourth-order valence-corrected chi connectivity index (χ4v) is 2.26. The highest BCUT2D eigenvalue weighted by Gasteiger charge is 2.30. The lowest BCUT2D eigenvalue weighted by atomic mass is 10.0. The van der Waals surface area contributed by atoms with Crippen molar-refractivity contribution in [1.82, 2.24) is 5.32 Å². The number of esters is 1. The third-order valence-electron chi connectivity index (χ3n) is 3.83. The molecule has 0 unspecified atom stereocenters. The Kier molecular flexibility index (Phi) is 6.86. The lowest BCUT2D eigenvalue weighted by molar-refractivity contribution is -0.156. The molecule has 0 aliphatic carbocycles. The number of rotatable bonds is 7. The van der Waals surface area contributed by atoms with Crippen molar-refractivity contribution >= 4 is 23.5 Å². The number of carbonyl (C=O) groups is 3. The van der Waals surface area contributed by atoms with Gasteiger partial charge in [0.15, 0.2) is 11.9 Å². The van der Waals surface area contributed by atoms with Gasteiger partial charge in [-0.05, 0) is 37.1 Å². The molecule has 0 spiro atoms. The Labute approximate surface area is 160 Å². The van der Waals surface area contributed by atoms with Crippen LogP contribution < -0.4 is 10.6 Å². The summed E-state index contributed by atoms with van der Waals surface area (Å²) in [6.07, 6.45) is -0.0421. The first kappa shape index (κ1) is 21.1. The number of carbonyl (C=O) groups excluding carboxylic acids is 3. The lowest BCUT2D eigenvalue weighted by Crippen LogP contribution is -2.47. The van der Waals surface area contributed by atoms with Crippen LogP contribution in [0.25, 0.3) is 0 Å². The van der Waals surface area contributed by atoms with Crippen LogP contribution in [-0.4, -0.2) is 29.9 Å². The maximum atomic E-state index is 13.6. The standard InChI is InChI=1S/C19H20F2N2O5/c1-10(2)15(22-18(25)14-8-5-9-27-14)19(26)28-11(3)17(24)23-16-12(20)6-4-7-13(16)21/h4-11,15H,1-3H3,(H,22,25)(H,23,24)/t11-,15+/m1/s1. The molecule has 7 nitrogen and oxygen atoms in total. The van der Waals surface area contributed by atoms with Crippen LogP contribution in [0, 0.1) is 17.6 Å². The topological polar surface area (TPSA) is 97.6 Å². The van der Waals surface area contributed by atoms with E-state index < -0.39 is 47.3 Å². The van der Waals surface area contributed by atoms with Gasteiger partial charge < -0.3 is 19.8 Å². The second-order valence-electron chi connectivity index (χ2n) is 6.34. The average molecular weight is 394 g/mol. The zero-order valence-electron chi connectivity index (χ0n) is 15.5. The molecule has 150 valence electrons. The number of para-hydroxylation sites is 1. The highest BCUT2D eigenvalue weighted by atomic mass is 19.1. The van der Waals surface area contributed by atoms with E-state index >= 15 is 0 Å². The maximum absolute atomic E-state index is 13.6. The van der Waals surface area contributed by atoms with Crippen molar-refractivity contribution in [3.8, 4) is 0 Å². The van der Waals surface area contributed by atoms with E-state index in [0.29, 0.717) is 0 Å². The van der Waals surface area contributed by atoms with Gasteiger partial charge in [-0.25, -0.2) is 13.6 Å². The molecule has 2 atom stereocenters. The van der Waals surface area contributed by atoms with Crippen LogP contribution in [0.3, 0.4) is 0 Å². The summed E-state index contributed by atoms with van der Waals surface area (Å²) >= 11 is 0. The normalized spacial score (nSPS) is 12.9. The molecular formula is C19H20F2N2O5. The number of furan rings is 1. The van der Waals surface area contributed by atoms with Crippen LogP contribution in [0.4, 0.5) is 14.5 Å². The number of anilines is 1. The van der Waals surface area contributed by atoms with Crippen molar-refractivity contribution in [2.75, 3.05) is 5.32 Å². The molecule has 2 amide bonds. The van der Waals surface area contributed by atoms with Gasteiger partial charge >= 0.3 is 5.97 Å². The van der Waals surface area contributed by atoms with Gasteiger partial charge in [0.1, 0.15) is 23.4 Å². The van der Waals surface area contributed by atoms with Crippen LogP contribution >= 0.6 is 0 Å². The molecular weight excluding hydrogens is 374 g/mol. The number of nitrogens with one attached hydrogen (secondary N) is 2. The number of benzene rings is 1. The van der Waals surface area contributed by atoms with E-state index in [0.717, 1.165) is 18.2 Å². The van der Waals surface area contributed by atoms with Crippen LogP contribution in [0.5, 0.6) is 0 Å². The van der Waals surface area contributed by atoms with Crippen molar-refractivity contribution in [1.29, 1.82) is 0 Å². The van der Waals surface area contributed by atoms with Gasteiger partial charge in [0.25, 0.3) is 11.8 Å². The molecule has 1 aromatic heterocycles. The summed E-state index contributed by atoms with van der Waals surface area (Å²) in [5, 5.41) is 4.52. The molecule has 2 rings (SSSR count). The molecule has 0 fully saturated rings. The van der Waals surface area contributed by atoms with E-state index in [2.05, 4.69) is 5.32 Å². The summed E-state index contributed by atoms with van der Waals surface area (Å²) in [7, 11) is 0. The Morgan fingerprint density at radius 3 is 2.21 bits per heavy atom. The van der Waals surface area contributed by atoms with Crippen LogP contribution in [0.15, 0.2) is 41.0 Å².